The van der Waals surface area contributed by atoms with Gasteiger partial charge in [0.2, 0.25) is 0 Å². The summed E-state index contributed by atoms with van der Waals surface area (Å²) in [6.45, 7) is 4.18. The number of carbonyl (C=O) groups is 1. The minimum atomic E-state index is -0.119. The van der Waals surface area contributed by atoms with E-state index < -0.39 is 0 Å². The number of H-pyrrole nitrogens is 1. The van der Waals surface area contributed by atoms with Crippen LogP contribution in [-0.4, -0.2) is 64.8 Å². The molecule has 2 aliphatic rings. The van der Waals surface area contributed by atoms with Gasteiger partial charge in [-0.15, -0.1) is 0 Å². The molecule has 0 unspecified atom stereocenters. The Morgan fingerprint density at radius 2 is 1.71 bits per heavy atom. The lowest BCUT2D eigenvalue weighted by atomic mass is 9.97. The summed E-state index contributed by atoms with van der Waals surface area (Å²) >= 11 is 0. The smallest absolute Gasteiger partial charge is 0.272 e. The largest absolute Gasteiger partial charge is 0.373 e. The van der Waals surface area contributed by atoms with Gasteiger partial charge in [-0.25, -0.2) is 0 Å². The number of aromatic amines is 1. The van der Waals surface area contributed by atoms with Gasteiger partial charge in [0.1, 0.15) is 5.69 Å². The van der Waals surface area contributed by atoms with Crippen molar-refractivity contribution in [3.05, 3.63) is 78.0 Å². The molecule has 1 amide bonds. The number of likely N-dealkylation sites (tertiary alicyclic amines) is 1. The number of benzene rings is 2. The van der Waals surface area contributed by atoms with Crippen molar-refractivity contribution in [1.29, 1.82) is 0 Å². The van der Waals surface area contributed by atoms with Crippen LogP contribution in [-0.2, 0) is 4.74 Å². The molecule has 0 saturated carbocycles. The van der Waals surface area contributed by atoms with E-state index in [9.17, 15) is 4.79 Å². The van der Waals surface area contributed by atoms with Gasteiger partial charge in [-0.1, -0.05) is 60.7 Å². The molecule has 160 valence electrons. The molecule has 5 rings (SSSR count). The number of amides is 1. The minimum Gasteiger partial charge on any atom is -0.373 e. The maximum Gasteiger partial charge on any atom is 0.272 e. The molecule has 3 heterocycles. The summed E-state index contributed by atoms with van der Waals surface area (Å²) in [7, 11) is 0. The van der Waals surface area contributed by atoms with E-state index in [-0.39, 0.29) is 18.1 Å². The third-order valence-corrected chi connectivity index (χ3v) is 6.27. The molecule has 1 aromatic heterocycles. The second-order valence-corrected chi connectivity index (χ2v) is 8.30. The number of morpholine rings is 1. The predicted molar refractivity (Wildman–Crippen MR) is 120 cm³/mol. The molecule has 0 bridgehead atoms. The van der Waals surface area contributed by atoms with Crippen LogP contribution < -0.4 is 0 Å². The molecule has 2 aromatic carbocycles. The summed E-state index contributed by atoms with van der Waals surface area (Å²) in [4.78, 5) is 18.0. The lowest BCUT2D eigenvalue weighted by Gasteiger charge is -2.42. The molecule has 2 aliphatic heterocycles. The first kappa shape index (κ1) is 20.0. The zero-order valence-corrected chi connectivity index (χ0v) is 17.6. The lowest BCUT2D eigenvalue weighted by Crippen LogP contribution is -2.51. The van der Waals surface area contributed by atoms with Crippen molar-refractivity contribution >= 4 is 5.91 Å². The van der Waals surface area contributed by atoms with Crippen molar-refractivity contribution in [3.8, 4) is 11.3 Å². The first-order valence-electron chi connectivity index (χ1n) is 11.1. The number of hydrogen-bond acceptors (Lipinski definition) is 4. The molecule has 0 spiro atoms. The molecule has 31 heavy (non-hydrogen) atoms. The van der Waals surface area contributed by atoms with Crippen molar-refractivity contribution < 1.29 is 9.53 Å². The van der Waals surface area contributed by atoms with E-state index in [1.165, 1.54) is 12.8 Å². The van der Waals surface area contributed by atoms with Gasteiger partial charge in [-0.05, 0) is 37.6 Å². The summed E-state index contributed by atoms with van der Waals surface area (Å²) < 4.78 is 6.24. The molecule has 2 saturated heterocycles. The fourth-order valence-electron chi connectivity index (χ4n) is 4.72. The van der Waals surface area contributed by atoms with Crippen LogP contribution in [0, 0.1) is 0 Å². The molecular formula is C25H28N4O2. The Kier molecular flexibility index (Phi) is 5.82. The highest BCUT2D eigenvalue weighted by atomic mass is 16.5. The number of carbonyl (C=O) groups excluding carboxylic acids is 1. The Morgan fingerprint density at radius 3 is 2.45 bits per heavy atom. The highest BCUT2D eigenvalue weighted by Crippen LogP contribution is 2.32. The number of nitrogens with one attached hydrogen (secondary N) is 1. The molecule has 6 heteroatoms. The molecule has 2 fully saturated rings. The first-order chi connectivity index (χ1) is 15.3. The van der Waals surface area contributed by atoms with Crippen LogP contribution in [0.3, 0.4) is 0 Å². The minimum absolute atomic E-state index is 0.0294. The van der Waals surface area contributed by atoms with Crippen LogP contribution in [0.5, 0.6) is 0 Å². The summed E-state index contributed by atoms with van der Waals surface area (Å²) in [6, 6.07) is 21.9. The maximum absolute atomic E-state index is 13.6. The summed E-state index contributed by atoms with van der Waals surface area (Å²) in [5, 5.41) is 7.36. The van der Waals surface area contributed by atoms with Gasteiger partial charge in [-0.2, -0.15) is 5.10 Å². The van der Waals surface area contributed by atoms with Crippen molar-refractivity contribution in [3.63, 3.8) is 0 Å². The molecular weight excluding hydrogens is 388 g/mol. The summed E-state index contributed by atoms with van der Waals surface area (Å²) in [5.41, 5.74) is 3.40. The zero-order valence-electron chi connectivity index (χ0n) is 17.6. The second-order valence-electron chi connectivity index (χ2n) is 8.30. The quantitative estimate of drug-likeness (QED) is 0.688. The normalized spacial score (nSPS) is 22.0. The van der Waals surface area contributed by atoms with Gasteiger partial charge in [0, 0.05) is 18.7 Å². The average Bonchev–Trinajstić information content (AvgIpc) is 3.52. The van der Waals surface area contributed by atoms with E-state index in [2.05, 4.69) is 27.2 Å². The Hall–Kier alpha value is -2.96. The SMILES string of the molecule is O=C(c1cc(-c2ccccc2)n[nH]1)N1CCO[C@@H](CN2CCCC2)[C@@H]1c1ccccc1. The molecule has 3 aromatic rings. The highest BCUT2D eigenvalue weighted by Gasteiger charge is 2.38. The van der Waals surface area contributed by atoms with E-state index in [0.29, 0.717) is 18.8 Å². The summed E-state index contributed by atoms with van der Waals surface area (Å²) in [6.07, 6.45) is 2.43. The fraction of sp³-hybridized carbons (Fsp3) is 0.360. The number of aromatic nitrogens is 2. The number of rotatable bonds is 5. The van der Waals surface area contributed by atoms with E-state index in [4.69, 9.17) is 4.74 Å². The van der Waals surface area contributed by atoms with Gasteiger partial charge in [-0.3, -0.25) is 9.89 Å². The van der Waals surface area contributed by atoms with Gasteiger partial charge in [0.25, 0.3) is 5.91 Å². The molecule has 0 radical (unpaired) electrons. The van der Waals surface area contributed by atoms with Crippen LogP contribution in [0.1, 0.15) is 34.9 Å². The summed E-state index contributed by atoms with van der Waals surface area (Å²) in [5.74, 6) is -0.0294. The van der Waals surface area contributed by atoms with Crippen LogP contribution in [0.25, 0.3) is 11.3 Å². The van der Waals surface area contributed by atoms with Crippen LogP contribution in [0.2, 0.25) is 0 Å². The van der Waals surface area contributed by atoms with Crippen molar-refractivity contribution in [2.24, 2.45) is 0 Å². The van der Waals surface area contributed by atoms with E-state index in [1.807, 2.05) is 59.5 Å². The topological polar surface area (TPSA) is 61.5 Å². The predicted octanol–water partition coefficient (Wildman–Crippen LogP) is 3.75. The van der Waals surface area contributed by atoms with Crippen LogP contribution >= 0.6 is 0 Å². The molecule has 0 aliphatic carbocycles. The van der Waals surface area contributed by atoms with Crippen molar-refractivity contribution in [2.45, 2.75) is 25.0 Å². The monoisotopic (exact) mass is 416 g/mol. The van der Waals surface area contributed by atoms with E-state index >= 15 is 0 Å². The fourth-order valence-corrected chi connectivity index (χ4v) is 4.72. The Morgan fingerprint density at radius 1 is 1.00 bits per heavy atom. The van der Waals surface area contributed by atoms with E-state index in [1.54, 1.807) is 0 Å². The van der Waals surface area contributed by atoms with Crippen LogP contribution in [0.4, 0.5) is 0 Å². The third kappa shape index (κ3) is 4.27. The van der Waals surface area contributed by atoms with Crippen LogP contribution in [0.15, 0.2) is 66.7 Å². The van der Waals surface area contributed by atoms with Gasteiger partial charge in [0.15, 0.2) is 0 Å². The number of nitrogens with zero attached hydrogens (tertiary/aromatic N) is 3. The van der Waals surface area contributed by atoms with E-state index in [0.717, 1.165) is 36.5 Å². The first-order valence-corrected chi connectivity index (χ1v) is 11.1. The molecule has 6 nitrogen and oxygen atoms in total. The lowest BCUT2D eigenvalue weighted by molar-refractivity contribution is -0.0708. The van der Waals surface area contributed by atoms with Gasteiger partial charge in [0.05, 0.1) is 24.4 Å². The zero-order chi connectivity index (χ0) is 21.0. The Labute approximate surface area is 182 Å². The molecule has 1 N–H and O–H groups in total. The number of hydrogen-bond donors (Lipinski definition) is 1. The Balaban J connectivity index is 1.43. The highest BCUT2D eigenvalue weighted by molar-refractivity contribution is 5.93. The maximum atomic E-state index is 13.6. The second kappa shape index (κ2) is 9.04. The molecule has 2 atom stereocenters. The van der Waals surface area contributed by atoms with Gasteiger partial charge >= 0.3 is 0 Å². The van der Waals surface area contributed by atoms with Crippen molar-refractivity contribution in [2.75, 3.05) is 32.8 Å². The van der Waals surface area contributed by atoms with Crippen molar-refractivity contribution in [1.82, 2.24) is 20.0 Å². The average molecular weight is 417 g/mol. The van der Waals surface area contributed by atoms with Gasteiger partial charge < -0.3 is 14.5 Å². The number of ether oxygens (including phenoxy) is 1. The Bertz CT molecular complexity index is 999. The standard InChI is InChI=1S/C25H28N4O2/c30-25(22-17-21(26-27-22)19-9-3-1-4-10-19)29-15-16-31-23(18-28-13-7-8-14-28)24(29)20-11-5-2-6-12-20/h1-6,9-12,17,23-24H,7-8,13-16,18H2,(H,26,27)/t23-,24-/m0/s1. The third-order valence-electron chi connectivity index (χ3n) is 6.27.